The van der Waals surface area contributed by atoms with Gasteiger partial charge in [-0.15, -0.1) is 0 Å². The normalized spacial score (nSPS) is 16.4. The van der Waals surface area contributed by atoms with Gasteiger partial charge in [0.25, 0.3) is 5.91 Å². The number of likely N-dealkylation sites (tertiary alicyclic amines) is 1. The molecule has 2 heterocycles. The number of hydrogen-bond acceptors (Lipinski definition) is 4. The molecule has 3 aromatic rings. The van der Waals surface area contributed by atoms with E-state index >= 15 is 0 Å². The lowest BCUT2D eigenvalue weighted by Gasteiger charge is -2.22. The van der Waals surface area contributed by atoms with E-state index in [1.54, 1.807) is 30.3 Å². The van der Waals surface area contributed by atoms with Crippen molar-refractivity contribution in [3.05, 3.63) is 83.3 Å². The molecule has 5 nitrogen and oxygen atoms in total. The first-order chi connectivity index (χ1) is 13.6. The molecule has 1 saturated heterocycles. The highest BCUT2D eigenvalue weighted by Gasteiger charge is 2.34. The molecule has 0 unspecified atom stereocenters. The maximum Gasteiger partial charge on any atom is 0.254 e. The number of oxazole rings is 1. The van der Waals surface area contributed by atoms with E-state index in [1.165, 1.54) is 12.1 Å². The number of amides is 1. The van der Waals surface area contributed by atoms with Crippen molar-refractivity contribution in [1.29, 1.82) is 0 Å². The lowest BCUT2D eigenvalue weighted by atomic mass is 10.1. The Bertz CT molecular complexity index is 985. The Balaban J connectivity index is 1.51. The van der Waals surface area contributed by atoms with Gasteiger partial charge in [0.15, 0.2) is 0 Å². The molecule has 4 rings (SSSR count). The molecule has 0 aliphatic carbocycles. The maximum atomic E-state index is 13.5. The van der Waals surface area contributed by atoms with Crippen LogP contribution in [0.1, 0.15) is 46.5 Å². The van der Waals surface area contributed by atoms with Crippen LogP contribution in [0.25, 0.3) is 0 Å². The summed E-state index contributed by atoms with van der Waals surface area (Å²) >= 11 is 0. The van der Waals surface area contributed by atoms with Crippen molar-refractivity contribution in [3.8, 4) is 5.75 Å². The number of ether oxygens (including phenoxy) is 1. The van der Waals surface area contributed by atoms with Crippen LogP contribution < -0.4 is 4.74 Å². The Morgan fingerprint density at radius 2 is 2.14 bits per heavy atom. The molecule has 1 aliphatic rings. The molecule has 0 bridgehead atoms. The molecule has 1 fully saturated rings. The van der Waals surface area contributed by atoms with Gasteiger partial charge in [-0.2, -0.15) is 0 Å². The van der Waals surface area contributed by atoms with Gasteiger partial charge in [0.1, 0.15) is 23.4 Å². The summed E-state index contributed by atoms with van der Waals surface area (Å²) in [5, 5.41) is 0. The number of hydrogen-bond donors (Lipinski definition) is 0. The molecule has 0 radical (unpaired) electrons. The molecule has 2 aromatic carbocycles. The minimum absolute atomic E-state index is 0.199. The molecule has 28 heavy (non-hydrogen) atoms. The molecular formula is C22H21FN2O3. The molecule has 6 heteroatoms. The van der Waals surface area contributed by atoms with Crippen LogP contribution in [0, 0.1) is 5.82 Å². The molecule has 0 N–H and O–H groups in total. The topological polar surface area (TPSA) is 55.6 Å². The molecule has 1 aliphatic heterocycles. The molecule has 1 amide bonds. The SMILES string of the molecule is COc1cccc(Cc2cnc([C@H]3CCCN3C(=O)c3cccc(F)c3)o2)c1. The van der Waals surface area contributed by atoms with Crippen LogP contribution in [-0.2, 0) is 6.42 Å². The summed E-state index contributed by atoms with van der Waals surface area (Å²) in [6.07, 6.45) is 3.94. The van der Waals surface area contributed by atoms with E-state index in [0.717, 1.165) is 29.9 Å². The zero-order chi connectivity index (χ0) is 19.5. The lowest BCUT2D eigenvalue weighted by Crippen LogP contribution is -2.30. The number of carbonyl (C=O) groups is 1. The molecule has 1 aromatic heterocycles. The summed E-state index contributed by atoms with van der Waals surface area (Å²) in [6.45, 7) is 0.605. The van der Waals surface area contributed by atoms with Crippen molar-refractivity contribution in [2.24, 2.45) is 0 Å². The largest absolute Gasteiger partial charge is 0.497 e. The Kier molecular flexibility index (Phi) is 5.10. The zero-order valence-corrected chi connectivity index (χ0v) is 15.6. The Morgan fingerprint density at radius 3 is 2.96 bits per heavy atom. The number of nitrogens with zero attached hydrogens (tertiary/aromatic N) is 2. The summed E-state index contributed by atoms with van der Waals surface area (Å²) in [6, 6.07) is 13.3. The molecule has 0 spiro atoms. The predicted octanol–water partition coefficient (Wildman–Crippen LogP) is 4.39. The number of aromatic nitrogens is 1. The summed E-state index contributed by atoms with van der Waals surface area (Å²) in [5.41, 5.74) is 1.40. The van der Waals surface area contributed by atoms with Crippen LogP contribution in [0.2, 0.25) is 0 Å². The fraction of sp³-hybridized carbons (Fsp3) is 0.273. The highest BCUT2D eigenvalue weighted by Crippen LogP contribution is 2.33. The van der Waals surface area contributed by atoms with E-state index in [4.69, 9.17) is 9.15 Å². The second kappa shape index (κ2) is 7.84. The van der Waals surface area contributed by atoms with Crippen LogP contribution in [-0.4, -0.2) is 29.4 Å². The van der Waals surface area contributed by atoms with Crippen LogP contribution in [0.5, 0.6) is 5.75 Å². The second-order valence-electron chi connectivity index (χ2n) is 6.86. The molecule has 1 atom stereocenters. The van der Waals surface area contributed by atoms with Crippen molar-refractivity contribution >= 4 is 5.91 Å². The third kappa shape index (κ3) is 3.76. The van der Waals surface area contributed by atoms with E-state index in [-0.39, 0.29) is 11.9 Å². The maximum absolute atomic E-state index is 13.5. The second-order valence-corrected chi connectivity index (χ2v) is 6.86. The number of rotatable bonds is 5. The van der Waals surface area contributed by atoms with Crippen LogP contribution in [0.4, 0.5) is 4.39 Å². The number of benzene rings is 2. The van der Waals surface area contributed by atoms with Crippen molar-refractivity contribution < 1.29 is 18.3 Å². The number of halogens is 1. The first-order valence-corrected chi connectivity index (χ1v) is 9.28. The van der Waals surface area contributed by atoms with E-state index in [0.29, 0.717) is 24.4 Å². The van der Waals surface area contributed by atoms with Gasteiger partial charge >= 0.3 is 0 Å². The summed E-state index contributed by atoms with van der Waals surface area (Å²) in [4.78, 5) is 19.0. The van der Waals surface area contributed by atoms with E-state index < -0.39 is 5.82 Å². The van der Waals surface area contributed by atoms with Crippen LogP contribution in [0.15, 0.2) is 59.1 Å². The van der Waals surface area contributed by atoms with Crippen LogP contribution in [0.3, 0.4) is 0 Å². The highest BCUT2D eigenvalue weighted by atomic mass is 19.1. The van der Waals surface area contributed by atoms with Crippen molar-refractivity contribution in [2.75, 3.05) is 13.7 Å². The van der Waals surface area contributed by atoms with Gasteiger partial charge in [0, 0.05) is 18.5 Å². The first-order valence-electron chi connectivity index (χ1n) is 9.28. The molecular weight excluding hydrogens is 359 g/mol. The van der Waals surface area contributed by atoms with Crippen molar-refractivity contribution in [3.63, 3.8) is 0 Å². The third-order valence-corrected chi connectivity index (χ3v) is 4.95. The average Bonchev–Trinajstić information content (AvgIpc) is 3.37. The van der Waals surface area contributed by atoms with E-state index in [9.17, 15) is 9.18 Å². The van der Waals surface area contributed by atoms with Crippen LogP contribution >= 0.6 is 0 Å². The lowest BCUT2D eigenvalue weighted by molar-refractivity contribution is 0.0714. The summed E-state index contributed by atoms with van der Waals surface area (Å²) in [7, 11) is 1.63. The average molecular weight is 380 g/mol. The van der Waals surface area contributed by atoms with Crippen molar-refractivity contribution in [1.82, 2.24) is 9.88 Å². The quantitative estimate of drug-likeness (QED) is 0.659. The predicted molar refractivity (Wildman–Crippen MR) is 102 cm³/mol. The summed E-state index contributed by atoms with van der Waals surface area (Å²) < 4.78 is 24.7. The Labute approximate surface area is 162 Å². The van der Waals surface area contributed by atoms with Gasteiger partial charge in [0.2, 0.25) is 5.89 Å². The van der Waals surface area contributed by atoms with Gasteiger partial charge in [0.05, 0.1) is 13.3 Å². The zero-order valence-electron chi connectivity index (χ0n) is 15.6. The van der Waals surface area contributed by atoms with Gasteiger partial charge in [-0.25, -0.2) is 9.37 Å². The standard InChI is InChI=1S/C22H21FN2O3/c1-27-18-8-2-5-15(11-18)12-19-14-24-21(28-19)20-9-4-10-25(20)22(26)16-6-3-7-17(23)13-16/h2-3,5-8,11,13-14,20H,4,9-10,12H2,1H3/t20-/m1/s1. The van der Waals surface area contributed by atoms with Gasteiger partial charge in [-0.1, -0.05) is 18.2 Å². The van der Waals surface area contributed by atoms with Gasteiger partial charge < -0.3 is 14.1 Å². The van der Waals surface area contributed by atoms with E-state index in [2.05, 4.69) is 4.98 Å². The molecule has 144 valence electrons. The smallest absolute Gasteiger partial charge is 0.254 e. The number of carbonyl (C=O) groups excluding carboxylic acids is 1. The monoisotopic (exact) mass is 380 g/mol. The third-order valence-electron chi connectivity index (χ3n) is 4.95. The Morgan fingerprint density at radius 1 is 1.29 bits per heavy atom. The summed E-state index contributed by atoms with van der Waals surface area (Å²) in [5.74, 6) is 1.43. The minimum atomic E-state index is -0.418. The molecule has 0 saturated carbocycles. The van der Waals surface area contributed by atoms with Gasteiger partial charge in [-0.3, -0.25) is 4.79 Å². The Hall–Kier alpha value is -3.15. The van der Waals surface area contributed by atoms with E-state index in [1.807, 2.05) is 24.3 Å². The first kappa shape index (κ1) is 18.2. The minimum Gasteiger partial charge on any atom is -0.497 e. The number of methoxy groups -OCH3 is 1. The van der Waals surface area contributed by atoms with Gasteiger partial charge in [-0.05, 0) is 48.7 Å². The fourth-order valence-electron chi connectivity index (χ4n) is 3.60. The fourth-order valence-corrected chi connectivity index (χ4v) is 3.60. The van der Waals surface area contributed by atoms with Crippen molar-refractivity contribution in [2.45, 2.75) is 25.3 Å². The highest BCUT2D eigenvalue weighted by molar-refractivity contribution is 5.94.